The van der Waals surface area contributed by atoms with Crippen molar-refractivity contribution in [3.8, 4) is 11.5 Å². The first-order chi connectivity index (χ1) is 15.2. The molecule has 1 saturated carbocycles. The Morgan fingerprint density at radius 2 is 1.97 bits per heavy atom. The van der Waals surface area contributed by atoms with Gasteiger partial charge < -0.3 is 25.2 Å². The molecule has 1 unspecified atom stereocenters. The predicted octanol–water partition coefficient (Wildman–Crippen LogP) is 3.51. The summed E-state index contributed by atoms with van der Waals surface area (Å²) in [6, 6.07) is 6.20. The fraction of sp³-hybridized carbons (Fsp3) is 0.304. The lowest BCUT2D eigenvalue weighted by Gasteiger charge is -2.21. The number of amides is 1. The number of hydrogen-bond acceptors (Lipinski definition) is 6. The van der Waals surface area contributed by atoms with Crippen LogP contribution in [0.15, 0.2) is 42.6 Å². The van der Waals surface area contributed by atoms with Crippen LogP contribution in [0.1, 0.15) is 35.2 Å². The number of alkyl halides is 2. The average Bonchev–Trinajstić information content (AvgIpc) is 3.48. The fourth-order valence-electron chi connectivity index (χ4n) is 4.02. The SMILES string of the molecule is Cc1cc(NC(=O)C2(c3ccc4c(c3)OC(F)(F)O4)CC2)nc(C2=CC=CNC2O)c1C. The lowest BCUT2D eigenvalue weighted by molar-refractivity contribution is -0.286. The van der Waals surface area contributed by atoms with E-state index in [0.29, 0.717) is 35.5 Å². The van der Waals surface area contributed by atoms with Crippen LogP contribution in [0, 0.1) is 13.8 Å². The van der Waals surface area contributed by atoms with Crippen LogP contribution >= 0.6 is 0 Å². The minimum Gasteiger partial charge on any atom is -0.395 e. The molecule has 3 heterocycles. The number of anilines is 1. The van der Waals surface area contributed by atoms with Gasteiger partial charge in [0.1, 0.15) is 5.82 Å². The lowest BCUT2D eigenvalue weighted by Crippen LogP contribution is -2.30. The van der Waals surface area contributed by atoms with Crippen molar-refractivity contribution in [2.24, 2.45) is 0 Å². The Morgan fingerprint density at radius 1 is 1.22 bits per heavy atom. The van der Waals surface area contributed by atoms with E-state index >= 15 is 0 Å². The van der Waals surface area contributed by atoms with Crippen LogP contribution in [0.5, 0.6) is 11.5 Å². The summed E-state index contributed by atoms with van der Waals surface area (Å²) in [5.74, 6) is -0.0651. The molecule has 2 aliphatic heterocycles. The van der Waals surface area contributed by atoms with Gasteiger partial charge in [0.05, 0.1) is 11.1 Å². The zero-order valence-electron chi connectivity index (χ0n) is 17.4. The molecule has 0 radical (unpaired) electrons. The first-order valence-electron chi connectivity index (χ1n) is 10.2. The van der Waals surface area contributed by atoms with Gasteiger partial charge in [-0.2, -0.15) is 0 Å². The third-order valence-corrected chi connectivity index (χ3v) is 6.11. The first-order valence-corrected chi connectivity index (χ1v) is 10.2. The Morgan fingerprint density at radius 3 is 2.69 bits per heavy atom. The van der Waals surface area contributed by atoms with Gasteiger partial charge in [0.15, 0.2) is 17.7 Å². The topological polar surface area (TPSA) is 92.7 Å². The van der Waals surface area contributed by atoms with E-state index in [1.165, 1.54) is 12.1 Å². The van der Waals surface area contributed by atoms with Crippen LogP contribution in [-0.4, -0.2) is 28.5 Å². The van der Waals surface area contributed by atoms with Gasteiger partial charge in [-0.05, 0) is 73.9 Å². The molecule has 1 aromatic carbocycles. The Hall–Kier alpha value is -3.46. The number of dihydropyridines is 1. The van der Waals surface area contributed by atoms with Gasteiger partial charge >= 0.3 is 6.29 Å². The number of allylic oxidation sites excluding steroid dienone is 2. The van der Waals surface area contributed by atoms with Gasteiger partial charge in [-0.15, -0.1) is 8.78 Å². The van der Waals surface area contributed by atoms with Gasteiger partial charge in [0, 0.05) is 5.57 Å². The summed E-state index contributed by atoms with van der Waals surface area (Å²) in [5.41, 5.74) is 2.72. The summed E-state index contributed by atoms with van der Waals surface area (Å²) < 4.78 is 35.7. The maximum Gasteiger partial charge on any atom is 0.586 e. The second kappa shape index (κ2) is 7.03. The molecule has 166 valence electrons. The van der Waals surface area contributed by atoms with Crippen LogP contribution in [-0.2, 0) is 10.2 Å². The maximum absolute atomic E-state index is 13.4. The summed E-state index contributed by atoms with van der Waals surface area (Å²) in [5, 5.41) is 16.0. The molecule has 0 spiro atoms. The highest BCUT2D eigenvalue weighted by molar-refractivity contribution is 6.01. The summed E-state index contributed by atoms with van der Waals surface area (Å²) in [7, 11) is 0. The van der Waals surface area contributed by atoms with Gasteiger partial charge in [-0.25, -0.2) is 4.98 Å². The van der Waals surface area contributed by atoms with Crippen molar-refractivity contribution in [2.75, 3.05) is 5.32 Å². The van der Waals surface area contributed by atoms with Gasteiger partial charge in [-0.1, -0.05) is 12.1 Å². The Labute approximate surface area is 182 Å². The molecule has 1 aliphatic carbocycles. The molecule has 1 amide bonds. The van der Waals surface area contributed by atoms with E-state index in [9.17, 15) is 18.7 Å². The third kappa shape index (κ3) is 3.38. The lowest BCUT2D eigenvalue weighted by atomic mass is 9.94. The number of fused-ring (bicyclic) bond motifs is 1. The Balaban J connectivity index is 1.42. The van der Waals surface area contributed by atoms with Crippen molar-refractivity contribution >= 4 is 17.3 Å². The van der Waals surface area contributed by atoms with E-state index in [4.69, 9.17) is 0 Å². The molecular formula is C23H21F2N3O4. The van der Waals surface area contributed by atoms with Crippen molar-refractivity contribution in [2.45, 2.75) is 44.6 Å². The molecule has 3 aliphatic rings. The molecule has 0 saturated heterocycles. The van der Waals surface area contributed by atoms with Crippen LogP contribution in [0.3, 0.4) is 0 Å². The third-order valence-electron chi connectivity index (χ3n) is 6.11. The summed E-state index contributed by atoms with van der Waals surface area (Å²) >= 11 is 0. The standard InChI is InChI=1S/C23H21F2N3O4/c1-12-10-18(27-19(13(12)2)15-4-3-9-26-20(15)29)28-21(30)22(7-8-22)14-5-6-16-17(11-14)32-23(24,25)31-16/h3-6,9-11,20,26,29H,7-8H2,1-2H3,(H,27,28,30). The van der Waals surface area contributed by atoms with Crippen molar-refractivity contribution in [3.63, 3.8) is 0 Å². The number of aliphatic hydroxyl groups is 1. The molecule has 0 bridgehead atoms. The zero-order chi connectivity index (χ0) is 22.7. The molecule has 32 heavy (non-hydrogen) atoms. The molecule has 7 nitrogen and oxygen atoms in total. The van der Waals surface area contributed by atoms with Crippen LogP contribution in [0.25, 0.3) is 5.57 Å². The molecule has 1 atom stereocenters. The van der Waals surface area contributed by atoms with Crippen LogP contribution in [0.2, 0.25) is 0 Å². The number of benzene rings is 1. The largest absolute Gasteiger partial charge is 0.586 e. The summed E-state index contributed by atoms with van der Waals surface area (Å²) in [6.07, 6.45) is 1.72. The summed E-state index contributed by atoms with van der Waals surface area (Å²) in [4.78, 5) is 17.8. The Bertz CT molecular complexity index is 1190. The number of nitrogens with one attached hydrogen (secondary N) is 2. The number of ether oxygens (including phenoxy) is 2. The van der Waals surface area contributed by atoms with Crippen LogP contribution < -0.4 is 20.1 Å². The number of nitrogens with zero attached hydrogens (tertiary/aromatic N) is 1. The maximum atomic E-state index is 13.4. The number of aromatic nitrogens is 1. The van der Waals surface area contributed by atoms with Crippen molar-refractivity contribution in [3.05, 3.63) is 65.0 Å². The summed E-state index contributed by atoms with van der Waals surface area (Å²) in [6.45, 7) is 3.81. The molecule has 9 heteroatoms. The number of rotatable bonds is 4. The molecule has 2 aromatic rings. The number of pyridine rings is 1. The number of halogens is 2. The second-order valence-electron chi connectivity index (χ2n) is 8.21. The minimum atomic E-state index is -3.71. The van der Waals surface area contributed by atoms with E-state index in [2.05, 4.69) is 25.1 Å². The number of aryl methyl sites for hydroxylation is 1. The molecular weight excluding hydrogens is 420 g/mol. The highest BCUT2D eigenvalue weighted by Crippen LogP contribution is 2.52. The molecule has 5 rings (SSSR count). The van der Waals surface area contributed by atoms with E-state index in [-0.39, 0.29) is 17.4 Å². The normalized spacial score (nSPS) is 21.5. The molecule has 1 fully saturated rings. The molecule has 1 aromatic heterocycles. The smallest absolute Gasteiger partial charge is 0.395 e. The Kier molecular flexibility index (Phi) is 4.49. The fourth-order valence-corrected chi connectivity index (χ4v) is 4.02. The number of carbonyl (C=O) groups is 1. The highest BCUT2D eigenvalue weighted by atomic mass is 19.3. The zero-order valence-corrected chi connectivity index (χ0v) is 17.4. The highest BCUT2D eigenvalue weighted by Gasteiger charge is 2.53. The number of carbonyl (C=O) groups excluding carboxylic acids is 1. The monoisotopic (exact) mass is 441 g/mol. The number of aliphatic hydroxyl groups excluding tert-OH is 1. The van der Waals surface area contributed by atoms with Gasteiger partial charge in [0.2, 0.25) is 5.91 Å². The second-order valence-corrected chi connectivity index (χ2v) is 8.21. The van der Waals surface area contributed by atoms with Crippen molar-refractivity contribution in [1.29, 1.82) is 0 Å². The van der Waals surface area contributed by atoms with Crippen LogP contribution in [0.4, 0.5) is 14.6 Å². The minimum absolute atomic E-state index is 0.0580. The van der Waals surface area contributed by atoms with E-state index < -0.39 is 17.9 Å². The van der Waals surface area contributed by atoms with Crippen molar-refractivity contribution in [1.82, 2.24) is 10.3 Å². The van der Waals surface area contributed by atoms with Gasteiger partial charge in [-0.3, -0.25) is 4.79 Å². The van der Waals surface area contributed by atoms with Gasteiger partial charge in [0.25, 0.3) is 0 Å². The molecule has 3 N–H and O–H groups in total. The van der Waals surface area contributed by atoms with E-state index in [0.717, 1.165) is 11.1 Å². The van der Waals surface area contributed by atoms with Crippen molar-refractivity contribution < 1.29 is 28.2 Å². The average molecular weight is 441 g/mol. The van der Waals surface area contributed by atoms with E-state index in [1.54, 1.807) is 30.5 Å². The quantitative estimate of drug-likeness (QED) is 0.673. The predicted molar refractivity (Wildman–Crippen MR) is 112 cm³/mol. The van der Waals surface area contributed by atoms with E-state index in [1.807, 2.05) is 13.8 Å². The number of hydrogen-bond donors (Lipinski definition) is 3. The first kappa shape index (κ1) is 20.4.